The van der Waals surface area contributed by atoms with Crippen LogP contribution in [0.5, 0.6) is 0 Å². The van der Waals surface area contributed by atoms with Gasteiger partial charge in [-0.25, -0.2) is 4.79 Å². The smallest absolute Gasteiger partial charge is 0.319 e. The number of benzene rings is 2. The standard InChI is InChI=1S/C19H21N3O2/c1-13(14-6-3-2-4-7-14)20-19(24)22-17-9-5-8-16(12-17)21-18(23)15-10-11-15/h2-9,12-13,15H,10-11H2,1H3,(H,21,23)(H2,20,22,24). The lowest BCUT2D eigenvalue weighted by molar-refractivity contribution is -0.117. The fraction of sp³-hybridized carbons (Fsp3) is 0.263. The average Bonchev–Trinajstić information content (AvgIpc) is 3.41. The molecule has 3 rings (SSSR count). The van der Waals surface area contributed by atoms with E-state index in [2.05, 4.69) is 16.0 Å². The molecule has 0 radical (unpaired) electrons. The van der Waals surface area contributed by atoms with Gasteiger partial charge in [-0.15, -0.1) is 0 Å². The fourth-order valence-corrected chi connectivity index (χ4v) is 2.45. The van der Waals surface area contributed by atoms with Gasteiger partial charge in [0.25, 0.3) is 0 Å². The lowest BCUT2D eigenvalue weighted by Gasteiger charge is -2.15. The molecule has 2 aromatic rings. The predicted octanol–water partition coefficient (Wildman–Crippen LogP) is 3.92. The van der Waals surface area contributed by atoms with Crippen molar-refractivity contribution in [2.24, 2.45) is 5.92 Å². The van der Waals surface area contributed by atoms with Crippen LogP contribution in [0.2, 0.25) is 0 Å². The molecule has 1 unspecified atom stereocenters. The summed E-state index contributed by atoms with van der Waals surface area (Å²) in [5, 5.41) is 8.57. The van der Waals surface area contributed by atoms with Gasteiger partial charge in [-0.3, -0.25) is 4.79 Å². The number of carbonyl (C=O) groups excluding carboxylic acids is 2. The normalized spacial score (nSPS) is 14.5. The minimum absolute atomic E-state index is 0.0503. The number of anilines is 2. The minimum Gasteiger partial charge on any atom is -0.331 e. The topological polar surface area (TPSA) is 70.2 Å². The van der Waals surface area contributed by atoms with Crippen LogP contribution in [0.3, 0.4) is 0 Å². The van der Waals surface area contributed by atoms with Crippen molar-refractivity contribution in [3.8, 4) is 0 Å². The van der Waals surface area contributed by atoms with E-state index in [1.54, 1.807) is 18.2 Å². The van der Waals surface area contributed by atoms with E-state index < -0.39 is 0 Å². The quantitative estimate of drug-likeness (QED) is 0.780. The van der Waals surface area contributed by atoms with Gasteiger partial charge >= 0.3 is 6.03 Å². The van der Waals surface area contributed by atoms with Crippen LogP contribution in [0.25, 0.3) is 0 Å². The third-order valence-electron chi connectivity index (χ3n) is 3.98. The van der Waals surface area contributed by atoms with E-state index in [0.29, 0.717) is 11.4 Å². The first-order valence-corrected chi connectivity index (χ1v) is 8.15. The Kier molecular flexibility index (Phi) is 4.79. The maximum Gasteiger partial charge on any atom is 0.319 e. The van der Waals surface area contributed by atoms with Crippen molar-refractivity contribution in [2.75, 3.05) is 10.6 Å². The number of hydrogen-bond acceptors (Lipinski definition) is 2. The average molecular weight is 323 g/mol. The van der Waals surface area contributed by atoms with Gasteiger partial charge in [0, 0.05) is 17.3 Å². The molecule has 0 aromatic heterocycles. The maximum absolute atomic E-state index is 12.1. The highest BCUT2D eigenvalue weighted by molar-refractivity contribution is 5.95. The molecule has 5 nitrogen and oxygen atoms in total. The lowest BCUT2D eigenvalue weighted by Crippen LogP contribution is -2.31. The molecular formula is C19H21N3O2. The van der Waals surface area contributed by atoms with Crippen molar-refractivity contribution in [1.82, 2.24) is 5.32 Å². The first kappa shape index (κ1) is 16.1. The SMILES string of the molecule is CC(NC(=O)Nc1cccc(NC(=O)C2CC2)c1)c1ccccc1. The highest BCUT2D eigenvalue weighted by atomic mass is 16.2. The first-order valence-electron chi connectivity index (χ1n) is 8.15. The first-order chi connectivity index (χ1) is 11.6. The van der Waals surface area contributed by atoms with Gasteiger partial charge in [0.05, 0.1) is 6.04 Å². The third kappa shape index (κ3) is 4.35. The predicted molar refractivity (Wildman–Crippen MR) is 94.8 cm³/mol. The maximum atomic E-state index is 12.1. The highest BCUT2D eigenvalue weighted by Gasteiger charge is 2.29. The Morgan fingerprint density at radius 3 is 2.29 bits per heavy atom. The number of carbonyl (C=O) groups is 2. The summed E-state index contributed by atoms with van der Waals surface area (Å²) in [6.07, 6.45) is 1.92. The molecule has 3 amide bonds. The molecule has 0 spiro atoms. The van der Waals surface area contributed by atoms with Crippen LogP contribution in [0.4, 0.5) is 16.2 Å². The zero-order valence-electron chi connectivity index (χ0n) is 13.6. The van der Waals surface area contributed by atoms with Crippen molar-refractivity contribution >= 4 is 23.3 Å². The second-order valence-electron chi connectivity index (χ2n) is 6.08. The minimum atomic E-state index is -0.281. The summed E-state index contributed by atoms with van der Waals surface area (Å²) in [4.78, 5) is 23.9. The largest absolute Gasteiger partial charge is 0.331 e. The van der Waals surface area contributed by atoms with Crippen molar-refractivity contribution in [2.45, 2.75) is 25.8 Å². The molecule has 0 saturated heterocycles. The summed E-state index contributed by atoms with van der Waals surface area (Å²) >= 11 is 0. The van der Waals surface area contributed by atoms with Gasteiger partial charge in [-0.2, -0.15) is 0 Å². The Morgan fingerprint density at radius 1 is 0.958 bits per heavy atom. The van der Waals surface area contributed by atoms with E-state index in [1.807, 2.05) is 43.3 Å². The third-order valence-corrected chi connectivity index (χ3v) is 3.98. The summed E-state index contributed by atoms with van der Waals surface area (Å²) in [5.74, 6) is 0.200. The molecule has 3 N–H and O–H groups in total. The van der Waals surface area contributed by atoms with Crippen LogP contribution in [0.15, 0.2) is 54.6 Å². The van der Waals surface area contributed by atoms with Crippen LogP contribution in [-0.2, 0) is 4.79 Å². The molecule has 1 aliphatic carbocycles. The van der Waals surface area contributed by atoms with E-state index in [0.717, 1.165) is 18.4 Å². The van der Waals surface area contributed by atoms with Crippen molar-refractivity contribution in [3.63, 3.8) is 0 Å². The Hall–Kier alpha value is -2.82. The lowest BCUT2D eigenvalue weighted by atomic mass is 10.1. The molecule has 2 aromatic carbocycles. The molecule has 0 bridgehead atoms. The van der Waals surface area contributed by atoms with Gasteiger partial charge in [-0.05, 0) is 43.5 Å². The van der Waals surface area contributed by atoms with Crippen molar-refractivity contribution in [3.05, 3.63) is 60.2 Å². The van der Waals surface area contributed by atoms with Gasteiger partial charge < -0.3 is 16.0 Å². The molecule has 1 aliphatic rings. The number of amides is 3. The van der Waals surface area contributed by atoms with Crippen LogP contribution < -0.4 is 16.0 Å². The van der Waals surface area contributed by atoms with Crippen molar-refractivity contribution in [1.29, 1.82) is 0 Å². The molecule has 5 heteroatoms. The summed E-state index contributed by atoms with van der Waals surface area (Å²) in [6, 6.07) is 16.6. The number of nitrogens with one attached hydrogen (secondary N) is 3. The summed E-state index contributed by atoms with van der Waals surface area (Å²) in [7, 11) is 0. The number of hydrogen-bond donors (Lipinski definition) is 3. The summed E-state index contributed by atoms with van der Waals surface area (Å²) in [6.45, 7) is 1.93. The van der Waals surface area contributed by atoms with Gasteiger partial charge in [0.1, 0.15) is 0 Å². The van der Waals surface area contributed by atoms with E-state index in [9.17, 15) is 9.59 Å². The van der Waals surface area contributed by atoms with Gasteiger partial charge in [0.15, 0.2) is 0 Å². The van der Waals surface area contributed by atoms with Gasteiger partial charge in [-0.1, -0.05) is 36.4 Å². The molecule has 0 heterocycles. The fourth-order valence-electron chi connectivity index (χ4n) is 2.45. The van der Waals surface area contributed by atoms with Crippen LogP contribution in [0, 0.1) is 5.92 Å². The molecule has 124 valence electrons. The van der Waals surface area contributed by atoms with Crippen LogP contribution >= 0.6 is 0 Å². The van der Waals surface area contributed by atoms with E-state index in [4.69, 9.17) is 0 Å². The highest BCUT2D eigenvalue weighted by Crippen LogP contribution is 2.30. The molecule has 24 heavy (non-hydrogen) atoms. The Labute approximate surface area is 141 Å². The Balaban J connectivity index is 1.56. The monoisotopic (exact) mass is 323 g/mol. The Morgan fingerprint density at radius 2 is 1.62 bits per heavy atom. The molecule has 1 fully saturated rings. The van der Waals surface area contributed by atoms with E-state index in [1.165, 1.54) is 0 Å². The zero-order valence-corrected chi connectivity index (χ0v) is 13.6. The Bertz CT molecular complexity index is 726. The molecular weight excluding hydrogens is 302 g/mol. The van der Waals surface area contributed by atoms with Gasteiger partial charge in [0.2, 0.25) is 5.91 Å². The van der Waals surface area contributed by atoms with E-state index in [-0.39, 0.29) is 23.9 Å². The second kappa shape index (κ2) is 7.17. The summed E-state index contributed by atoms with van der Waals surface area (Å²) < 4.78 is 0. The number of rotatable bonds is 5. The summed E-state index contributed by atoms with van der Waals surface area (Å²) in [5.41, 5.74) is 2.38. The molecule has 1 atom stereocenters. The zero-order chi connectivity index (χ0) is 16.9. The number of urea groups is 1. The van der Waals surface area contributed by atoms with Crippen LogP contribution in [-0.4, -0.2) is 11.9 Å². The van der Waals surface area contributed by atoms with Crippen LogP contribution in [0.1, 0.15) is 31.4 Å². The van der Waals surface area contributed by atoms with Crippen molar-refractivity contribution < 1.29 is 9.59 Å². The molecule has 1 saturated carbocycles. The molecule has 0 aliphatic heterocycles. The second-order valence-corrected chi connectivity index (χ2v) is 6.08. The van der Waals surface area contributed by atoms with E-state index >= 15 is 0 Å².